The van der Waals surface area contributed by atoms with Gasteiger partial charge in [-0.1, -0.05) is 22.9 Å². The number of hydrogen-bond donors (Lipinski definition) is 3. The van der Waals surface area contributed by atoms with Crippen molar-refractivity contribution in [3.8, 4) is 5.75 Å². The Balaban J connectivity index is 2.04. The largest absolute Gasteiger partial charge is 0.481 e. The molecule has 27 heavy (non-hydrogen) atoms. The Morgan fingerprint density at radius 1 is 1.22 bits per heavy atom. The molecule has 0 fully saturated rings. The van der Waals surface area contributed by atoms with E-state index in [1.54, 1.807) is 38.1 Å². The lowest BCUT2D eigenvalue weighted by molar-refractivity contribution is -0.136. The Morgan fingerprint density at radius 3 is 2.41 bits per heavy atom. The molecule has 3 N–H and O–H groups in total. The number of aromatic nitrogens is 1. The Kier molecular flexibility index (Phi) is 6.40. The molecule has 0 bridgehead atoms. The highest BCUT2D eigenvalue weighted by molar-refractivity contribution is 7.19. The van der Waals surface area contributed by atoms with Crippen LogP contribution in [0, 0.1) is 0 Å². The fourth-order valence-corrected chi connectivity index (χ4v) is 3.07. The van der Waals surface area contributed by atoms with Gasteiger partial charge in [-0.2, -0.15) is 0 Å². The predicted octanol–water partition coefficient (Wildman–Crippen LogP) is 3.18. The summed E-state index contributed by atoms with van der Waals surface area (Å²) in [5.74, 6) is -1.28. The van der Waals surface area contributed by atoms with Gasteiger partial charge in [-0.3, -0.25) is 19.7 Å². The lowest BCUT2D eigenvalue weighted by Crippen LogP contribution is -2.42. The van der Waals surface area contributed by atoms with Gasteiger partial charge in [0.25, 0.3) is 5.91 Å². The first kappa shape index (κ1) is 20.7. The molecule has 0 aliphatic carbocycles. The second-order valence-corrected chi connectivity index (χ2v) is 7.68. The number of amides is 2. The van der Waals surface area contributed by atoms with Crippen LogP contribution < -0.4 is 15.4 Å². The third-order valence-electron chi connectivity index (χ3n) is 3.28. The van der Waals surface area contributed by atoms with Crippen molar-refractivity contribution in [3.05, 3.63) is 34.3 Å². The number of carboxylic acids is 1. The number of nitrogens with zero attached hydrogens (tertiary/aromatic N) is 1. The molecular weight excluding hydrogens is 394 g/mol. The summed E-state index contributed by atoms with van der Waals surface area (Å²) in [6.45, 7) is 4.57. The second-order valence-electron chi connectivity index (χ2n) is 6.08. The molecule has 0 spiro atoms. The lowest BCUT2D eigenvalue weighted by atomic mass is 10.1. The van der Waals surface area contributed by atoms with Gasteiger partial charge in [0.05, 0.1) is 12.1 Å². The van der Waals surface area contributed by atoms with Crippen LogP contribution in [0.4, 0.5) is 10.8 Å². The molecule has 0 radical (unpaired) electrons. The molecule has 0 aliphatic heterocycles. The van der Waals surface area contributed by atoms with Crippen molar-refractivity contribution >= 4 is 51.5 Å². The number of aliphatic carboxylic acids is 1. The van der Waals surface area contributed by atoms with Crippen molar-refractivity contribution in [2.24, 2.45) is 0 Å². The summed E-state index contributed by atoms with van der Waals surface area (Å²) in [5, 5.41) is 14.2. The smallest absolute Gasteiger partial charge is 0.309 e. The first-order valence-electron chi connectivity index (χ1n) is 7.82. The van der Waals surface area contributed by atoms with Gasteiger partial charge in [-0.15, -0.1) is 0 Å². The van der Waals surface area contributed by atoms with Crippen molar-refractivity contribution < 1.29 is 24.2 Å². The van der Waals surface area contributed by atoms with Crippen LogP contribution in [0.5, 0.6) is 5.75 Å². The highest BCUT2D eigenvalue weighted by atomic mass is 35.5. The number of hydrogen-bond acceptors (Lipinski definition) is 6. The highest BCUT2D eigenvalue weighted by Gasteiger charge is 2.31. The Hall–Kier alpha value is -2.65. The number of anilines is 2. The molecule has 10 heteroatoms. The zero-order valence-electron chi connectivity index (χ0n) is 14.8. The predicted molar refractivity (Wildman–Crippen MR) is 103 cm³/mol. The fraction of sp³-hybridized carbons (Fsp3) is 0.294. The molecule has 0 saturated heterocycles. The van der Waals surface area contributed by atoms with Gasteiger partial charge >= 0.3 is 5.97 Å². The summed E-state index contributed by atoms with van der Waals surface area (Å²) in [6, 6.07) is 6.57. The number of thiazole rings is 1. The second kappa shape index (κ2) is 8.36. The van der Waals surface area contributed by atoms with Gasteiger partial charge < -0.3 is 15.2 Å². The normalized spacial score (nSPS) is 11.0. The van der Waals surface area contributed by atoms with E-state index < -0.39 is 17.5 Å². The summed E-state index contributed by atoms with van der Waals surface area (Å²) in [4.78, 5) is 38.3. The minimum absolute atomic E-state index is 0.187. The summed E-state index contributed by atoms with van der Waals surface area (Å²) < 4.78 is 5.93. The third-order valence-corrected chi connectivity index (χ3v) is 4.53. The number of ether oxygens (including phenoxy) is 1. The minimum atomic E-state index is -1.24. The molecule has 1 heterocycles. The molecule has 0 saturated carbocycles. The summed E-state index contributed by atoms with van der Waals surface area (Å²) in [7, 11) is 0. The van der Waals surface area contributed by atoms with E-state index in [9.17, 15) is 14.4 Å². The number of benzene rings is 1. The molecule has 0 unspecified atom stereocenters. The van der Waals surface area contributed by atoms with Crippen LogP contribution in [-0.2, 0) is 20.8 Å². The minimum Gasteiger partial charge on any atom is -0.481 e. The Labute approximate surface area is 164 Å². The summed E-state index contributed by atoms with van der Waals surface area (Å²) >= 11 is 6.93. The molecule has 2 rings (SSSR count). The van der Waals surface area contributed by atoms with Crippen LogP contribution in [0.25, 0.3) is 0 Å². The van der Waals surface area contributed by atoms with Gasteiger partial charge in [-0.25, -0.2) is 4.98 Å². The standard InChI is InChI=1S/C17H18ClN3O5S/c1-9(22)19-10-4-6-11(7-5-10)26-17(2,3)15(25)21-16-20-12(8-13(23)24)14(18)27-16/h4-7H,8H2,1-3H3,(H,19,22)(H,23,24)(H,20,21,25). The van der Waals surface area contributed by atoms with Gasteiger partial charge in [0, 0.05) is 12.6 Å². The van der Waals surface area contributed by atoms with Crippen molar-refractivity contribution in [1.82, 2.24) is 4.98 Å². The molecule has 0 atom stereocenters. The maximum absolute atomic E-state index is 12.5. The van der Waals surface area contributed by atoms with E-state index in [0.717, 1.165) is 11.3 Å². The molecular formula is C17H18ClN3O5S. The van der Waals surface area contributed by atoms with Gasteiger partial charge in [-0.05, 0) is 38.1 Å². The SMILES string of the molecule is CC(=O)Nc1ccc(OC(C)(C)C(=O)Nc2nc(CC(=O)O)c(Cl)s2)cc1. The molecule has 8 nitrogen and oxygen atoms in total. The van der Waals surface area contributed by atoms with Crippen LogP contribution in [0.2, 0.25) is 4.34 Å². The highest BCUT2D eigenvalue weighted by Crippen LogP contribution is 2.29. The number of nitrogens with one attached hydrogen (secondary N) is 2. The van der Waals surface area contributed by atoms with E-state index >= 15 is 0 Å². The average Bonchev–Trinajstić information content (AvgIpc) is 2.87. The van der Waals surface area contributed by atoms with Crippen LogP contribution in [-0.4, -0.2) is 33.5 Å². The van der Waals surface area contributed by atoms with Crippen molar-refractivity contribution in [1.29, 1.82) is 0 Å². The maximum atomic E-state index is 12.5. The molecule has 0 aliphatic rings. The van der Waals surface area contributed by atoms with E-state index in [1.165, 1.54) is 6.92 Å². The van der Waals surface area contributed by atoms with Crippen LogP contribution in [0.1, 0.15) is 26.5 Å². The number of carbonyl (C=O) groups excluding carboxylic acids is 2. The summed E-state index contributed by atoms with van der Waals surface area (Å²) in [6.07, 6.45) is -0.328. The van der Waals surface area contributed by atoms with Gasteiger partial charge in [0.1, 0.15) is 10.1 Å². The number of carbonyl (C=O) groups is 3. The van der Waals surface area contributed by atoms with Crippen LogP contribution >= 0.6 is 22.9 Å². The summed E-state index contributed by atoms with van der Waals surface area (Å²) in [5.41, 5.74) is -0.432. The van der Waals surface area contributed by atoms with Crippen LogP contribution in [0.3, 0.4) is 0 Å². The lowest BCUT2D eigenvalue weighted by Gasteiger charge is -2.24. The number of carboxylic acid groups (broad SMARTS) is 1. The molecule has 1 aromatic carbocycles. The van der Waals surface area contributed by atoms with E-state index in [1.807, 2.05) is 0 Å². The topological polar surface area (TPSA) is 118 Å². The molecule has 2 amide bonds. The van der Waals surface area contributed by atoms with E-state index in [4.69, 9.17) is 21.4 Å². The van der Waals surface area contributed by atoms with Gasteiger partial charge in [0.15, 0.2) is 10.7 Å². The van der Waals surface area contributed by atoms with Gasteiger partial charge in [0.2, 0.25) is 5.91 Å². The zero-order valence-corrected chi connectivity index (χ0v) is 16.4. The third kappa shape index (κ3) is 5.93. The Bertz CT molecular complexity index is 864. The van der Waals surface area contributed by atoms with Crippen LogP contribution in [0.15, 0.2) is 24.3 Å². The monoisotopic (exact) mass is 411 g/mol. The maximum Gasteiger partial charge on any atom is 0.309 e. The van der Waals surface area contributed by atoms with Crippen molar-refractivity contribution in [2.75, 3.05) is 10.6 Å². The molecule has 2 aromatic rings. The zero-order chi connectivity index (χ0) is 20.2. The Morgan fingerprint density at radius 2 is 1.85 bits per heavy atom. The molecule has 1 aromatic heterocycles. The van der Waals surface area contributed by atoms with Crippen molar-refractivity contribution in [3.63, 3.8) is 0 Å². The fourth-order valence-electron chi connectivity index (χ4n) is 2.04. The van der Waals surface area contributed by atoms with Crippen molar-refractivity contribution in [2.45, 2.75) is 32.8 Å². The van der Waals surface area contributed by atoms with E-state index in [2.05, 4.69) is 15.6 Å². The average molecular weight is 412 g/mol. The quantitative estimate of drug-likeness (QED) is 0.644. The van der Waals surface area contributed by atoms with E-state index in [-0.39, 0.29) is 27.5 Å². The number of halogens is 1. The molecule has 144 valence electrons. The first-order chi connectivity index (χ1) is 12.6. The van der Waals surface area contributed by atoms with E-state index in [0.29, 0.717) is 11.4 Å². The first-order valence-corrected chi connectivity index (χ1v) is 9.01. The number of rotatable bonds is 7.